The van der Waals surface area contributed by atoms with E-state index >= 15 is 0 Å². The maximum absolute atomic E-state index is 13.4. The predicted octanol–water partition coefficient (Wildman–Crippen LogP) is 5.25. The summed E-state index contributed by atoms with van der Waals surface area (Å²) in [5, 5.41) is 3.37. The average molecular weight is 422 g/mol. The minimum atomic E-state index is -0.127. The summed E-state index contributed by atoms with van der Waals surface area (Å²) < 4.78 is 6.87. The third kappa shape index (κ3) is 3.81. The molecule has 146 valence electrons. The fourth-order valence-corrected chi connectivity index (χ4v) is 5.21. The van der Waals surface area contributed by atoms with Gasteiger partial charge >= 0.3 is 0 Å². The Labute approximate surface area is 176 Å². The molecule has 0 N–H and O–H groups in total. The van der Waals surface area contributed by atoms with Crippen molar-refractivity contribution in [2.24, 2.45) is 0 Å². The topological polar surface area (TPSA) is 55.3 Å². The highest BCUT2D eigenvalue weighted by molar-refractivity contribution is 7.22. The molecule has 4 aromatic rings. The zero-order valence-electron chi connectivity index (χ0n) is 15.7. The molecule has 0 aliphatic carbocycles. The SMILES string of the molecule is O=C(c1csc(-c2ccccc2)n1)N(C[C@H]1CCCO1)c1nc2ccccc2s1. The van der Waals surface area contributed by atoms with Crippen molar-refractivity contribution in [2.75, 3.05) is 18.1 Å². The maximum Gasteiger partial charge on any atom is 0.279 e. The number of hydrogen-bond donors (Lipinski definition) is 0. The number of carbonyl (C=O) groups excluding carboxylic acids is 1. The van der Waals surface area contributed by atoms with Crippen LogP contribution >= 0.6 is 22.7 Å². The second kappa shape index (κ2) is 8.02. The maximum atomic E-state index is 13.4. The van der Waals surface area contributed by atoms with E-state index in [4.69, 9.17) is 9.72 Å². The van der Waals surface area contributed by atoms with E-state index in [9.17, 15) is 4.79 Å². The molecule has 0 bridgehead atoms. The quantitative estimate of drug-likeness (QED) is 0.442. The standard InChI is InChI=1S/C22H19N3O2S2/c26-21(18-14-28-20(23-18)15-7-2-1-3-8-15)25(13-16-9-6-12-27-16)22-24-17-10-4-5-11-19(17)29-22/h1-5,7-8,10-11,14,16H,6,9,12-13H2/t16-/m1/s1. The summed E-state index contributed by atoms with van der Waals surface area (Å²) in [7, 11) is 0. The Morgan fingerprint density at radius 1 is 1.10 bits per heavy atom. The first-order chi connectivity index (χ1) is 14.3. The van der Waals surface area contributed by atoms with Crippen molar-refractivity contribution < 1.29 is 9.53 Å². The van der Waals surface area contributed by atoms with Gasteiger partial charge in [0, 0.05) is 17.6 Å². The van der Waals surface area contributed by atoms with Crippen LogP contribution in [0.15, 0.2) is 60.0 Å². The number of fused-ring (bicyclic) bond motifs is 1. The van der Waals surface area contributed by atoms with Crippen LogP contribution in [0, 0.1) is 0 Å². The molecule has 2 aromatic heterocycles. The zero-order valence-corrected chi connectivity index (χ0v) is 17.3. The number of benzene rings is 2. The van der Waals surface area contributed by atoms with Gasteiger partial charge in [-0.25, -0.2) is 9.97 Å². The molecule has 1 saturated heterocycles. The van der Waals surface area contributed by atoms with Gasteiger partial charge in [0.15, 0.2) is 5.13 Å². The van der Waals surface area contributed by atoms with Crippen LogP contribution in [-0.4, -0.2) is 35.1 Å². The molecule has 1 atom stereocenters. The highest BCUT2D eigenvalue weighted by atomic mass is 32.1. The van der Waals surface area contributed by atoms with E-state index in [0.29, 0.717) is 17.4 Å². The minimum Gasteiger partial charge on any atom is -0.376 e. The number of ether oxygens (including phenoxy) is 1. The molecule has 1 amide bonds. The Morgan fingerprint density at radius 2 is 1.93 bits per heavy atom. The fraction of sp³-hybridized carbons (Fsp3) is 0.227. The summed E-state index contributed by atoms with van der Waals surface area (Å²) in [5.74, 6) is -0.127. The summed E-state index contributed by atoms with van der Waals surface area (Å²) in [6.07, 6.45) is 2.03. The van der Waals surface area contributed by atoms with Gasteiger partial charge in [-0.15, -0.1) is 11.3 Å². The highest BCUT2D eigenvalue weighted by Crippen LogP contribution is 2.31. The Bertz CT molecular complexity index is 1100. The molecule has 1 fully saturated rings. The van der Waals surface area contributed by atoms with Crippen LogP contribution in [0.5, 0.6) is 0 Å². The summed E-state index contributed by atoms with van der Waals surface area (Å²) in [4.78, 5) is 24.5. The first-order valence-corrected chi connectivity index (χ1v) is 11.3. The average Bonchev–Trinajstić information content (AvgIpc) is 3.52. The number of hydrogen-bond acceptors (Lipinski definition) is 6. The molecule has 0 radical (unpaired) electrons. The van der Waals surface area contributed by atoms with Gasteiger partial charge in [0.1, 0.15) is 10.7 Å². The molecule has 0 spiro atoms. The van der Waals surface area contributed by atoms with Gasteiger partial charge in [-0.1, -0.05) is 53.8 Å². The van der Waals surface area contributed by atoms with Crippen LogP contribution in [0.2, 0.25) is 0 Å². The second-order valence-corrected chi connectivity index (χ2v) is 8.79. The molecule has 1 aliphatic rings. The lowest BCUT2D eigenvalue weighted by Gasteiger charge is -2.22. The van der Waals surface area contributed by atoms with Gasteiger partial charge in [0.05, 0.1) is 22.9 Å². The van der Waals surface area contributed by atoms with E-state index in [-0.39, 0.29) is 12.0 Å². The zero-order chi connectivity index (χ0) is 19.6. The van der Waals surface area contributed by atoms with Crippen molar-refractivity contribution in [1.82, 2.24) is 9.97 Å². The molecule has 5 rings (SSSR count). The van der Waals surface area contributed by atoms with Crippen molar-refractivity contribution in [2.45, 2.75) is 18.9 Å². The van der Waals surface area contributed by atoms with E-state index in [1.807, 2.05) is 60.0 Å². The van der Waals surface area contributed by atoms with E-state index in [1.165, 1.54) is 22.7 Å². The first kappa shape index (κ1) is 18.4. The third-order valence-corrected chi connectivity index (χ3v) is 6.86. The Hall–Kier alpha value is -2.61. The Kier molecular flexibility index (Phi) is 5.10. The van der Waals surface area contributed by atoms with Gasteiger partial charge in [-0.2, -0.15) is 0 Å². The van der Waals surface area contributed by atoms with Gasteiger partial charge in [0.25, 0.3) is 5.91 Å². The number of carbonyl (C=O) groups is 1. The van der Waals surface area contributed by atoms with Gasteiger partial charge < -0.3 is 4.74 Å². The van der Waals surface area contributed by atoms with Crippen molar-refractivity contribution in [1.29, 1.82) is 0 Å². The molecule has 29 heavy (non-hydrogen) atoms. The Morgan fingerprint density at radius 3 is 2.72 bits per heavy atom. The van der Waals surface area contributed by atoms with Crippen LogP contribution in [-0.2, 0) is 4.74 Å². The largest absolute Gasteiger partial charge is 0.376 e. The predicted molar refractivity (Wildman–Crippen MR) is 118 cm³/mol. The van der Waals surface area contributed by atoms with E-state index < -0.39 is 0 Å². The number of nitrogens with zero attached hydrogens (tertiary/aromatic N) is 3. The molecule has 0 unspecified atom stereocenters. The smallest absolute Gasteiger partial charge is 0.279 e. The van der Waals surface area contributed by atoms with Crippen molar-refractivity contribution in [3.8, 4) is 10.6 Å². The summed E-state index contributed by atoms with van der Waals surface area (Å²) in [6, 6.07) is 17.9. The monoisotopic (exact) mass is 421 g/mol. The fourth-order valence-electron chi connectivity index (χ4n) is 3.44. The lowest BCUT2D eigenvalue weighted by Crippen LogP contribution is -2.37. The normalized spacial score (nSPS) is 16.3. The van der Waals surface area contributed by atoms with E-state index in [2.05, 4.69) is 4.98 Å². The van der Waals surface area contributed by atoms with Crippen LogP contribution in [0.3, 0.4) is 0 Å². The number of thiazole rings is 2. The molecule has 1 aliphatic heterocycles. The number of aromatic nitrogens is 2. The number of para-hydroxylation sites is 1. The molecule has 3 heterocycles. The van der Waals surface area contributed by atoms with E-state index in [0.717, 1.165) is 40.2 Å². The molecular weight excluding hydrogens is 402 g/mol. The molecule has 5 nitrogen and oxygen atoms in total. The van der Waals surface area contributed by atoms with Gasteiger partial charge in [-0.05, 0) is 25.0 Å². The van der Waals surface area contributed by atoms with Gasteiger partial charge in [-0.3, -0.25) is 9.69 Å². The first-order valence-electron chi connectivity index (χ1n) is 9.58. The molecular formula is C22H19N3O2S2. The molecule has 2 aromatic carbocycles. The molecule has 0 saturated carbocycles. The Balaban J connectivity index is 1.48. The second-order valence-electron chi connectivity index (χ2n) is 6.92. The summed E-state index contributed by atoms with van der Waals surface area (Å²) >= 11 is 3.01. The van der Waals surface area contributed by atoms with Crippen molar-refractivity contribution >= 4 is 43.9 Å². The van der Waals surface area contributed by atoms with Crippen LogP contribution in [0.1, 0.15) is 23.3 Å². The lowest BCUT2D eigenvalue weighted by atomic mass is 10.2. The number of anilines is 1. The van der Waals surface area contributed by atoms with Crippen LogP contribution in [0.4, 0.5) is 5.13 Å². The van der Waals surface area contributed by atoms with E-state index in [1.54, 1.807) is 4.90 Å². The lowest BCUT2D eigenvalue weighted by molar-refractivity contribution is 0.0914. The third-order valence-electron chi connectivity index (χ3n) is 4.91. The molecule has 7 heteroatoms. The number of rotatable bonds is 5. The minimum absolute atomic E-state index is 0.0400. The van der Waals surface area contributed by atoms with Gasteiger partial charge in [0.2, 0.25) is 0 Å². The van der Waals surface area contributed by atoms with Crippen molar-refractivity contribution in [3.05, 3.63) is 65.7 Å². The highest BCUT2D eigenvalue weighted by Gasteiger charge is 2.28. The summed E-state index contributed by atoms with van der Waals surface area (Å²) in [5.41, 5.74) is 2.37. The summed E-state index contributed by atoms with van der Waals surface area (Å²) in [6.45, 7) is 1.25. The van der Waals surface area contributed by atoms with Crippen LogP contribution in [0.25, 0.3) is 20.8 Å². The number of amides is 1. The van der Waals surface area contributed by atoms with Crippen LogP contribution < -0.4 is 4.90 Å². The van der Waals surface area contributed by atoms with Crippen molar-refractivity contribution in [3.63, 3.8) is 0 Å².